The SMILES string of the molecule is CCN(CC)C(=O)n1cnc(S(=O)(=O)c2cc(C)ccc2C)n1. The van der Waals surface area contributed by atoms with Crippen LogP contribution in [0.4, 0.5) is 4.79 Å². The second kappa shape index (κ2) is 6.49. The van der Waals surface area contributed by atoms with Gasteiger partial charge in [0.1, 0.15) is 6.33 Å². The molecule has 0 aliphatic carbocycles. The molecule has 0 N–H and O–H groups in total. The predicted octanol–water partition coefficient (Wildman–Crippen LogP) is 2.04. The zero-order valence-corrected chi connectivity index (χ0v) is 14.5. The van der Waals surface area contributed by atoms with Crippen LogP contribution in [0.15, 0.2) is 34.6 Å². The molecule has 7 nitrogen and oxygen atoms in total. The molecule has 0 atom stereocenters. The van der Waals surface area contributed by atoms with Crippen molar-refractivity contribution < 1.29 is 13.2 Å². The van der Waals surface area contributed by atoms with Crippen molar-refractivity contribution in [3.05, 3.63) is 35.7 Å². The summed E-state index contributed by atoms with van der Waals surface area (Å²) in [5.74, 6) is 0. The van der Waals surface area contributed by atoms with Crippen molar-refractivity contribution in [3.8, 4) is 0 Å². The minimum absolute atomic E-state index is 0.158. The lowest BCUT2D eigenvalue weighted by Crippen LogP contribution is -2.34. The van der Waals surface area contributed by atoms with E-state index in [1.54, 1.807) is 19.1 Å². The van der Waals surface area contributed by atoms with Crippen LogP contribution >= 0.6 is 0 Å². The lowest BCUT2D eigenvalue weighted by molar-refractivity contribution is 0.201. The second-order valence-electron chi connectivity index (χ2n) is 5.20. The first-order valence-electron chi connectivity index (χ1n) is 7.34. The van der Waals surface area contributed by atoms with Gasteiger partial charge in [-0.25, -0.2) is 18.2 Å². The van der Waals surface area contributed by atoms with Gasteiger partial charge in [-0.05, 0) is 44.9 Å². The number of amides is 1. The molecule has 124 valence electrons. The third kappa shape index (κ3) is 3.26. The van der Waals surface area contributed by atoms with Crippen molar-refractivity contribution in [3.63, 3.8) is 0 Å². The number of hydrogen-bond donors (Lipinski definition) is 0. The molecule has 0 fully saturated rings. The first kappa shape index (κ1) is 17.1. The fraction of sp³-hybridized carbons (Fsp3) is 0.400. The fourth-order valence-electron chi connectivity index (χ4n) is 2.20. The molecule has 0 spiro atoms. The lowest BCUT2D eigenvalue weighted by atomic mass is 10.2. The minimum atomic E-state index is -3.86. The van der Waals surface area contributed by atoms with Crippen LogP contribution in [0.5, 0.6) is 0 Å². The van der Waals surface area contributed by atoms with Crippen molar-refractivity contribution in [2.75, 3.05) is 13.1 Å². The third-order valence-corrected chi connectivity index (χ3v) is 5.26. The highest BCUT2D eigenvalue weighted by Gasteiger charge is 2.26. The van der Waals surface area contributed by atoms with E-state index in [4.69, 9.17) is 0 Å². The highest BCUT2D eigenvalue weighted by atomic mass is 32.2. The Kier molecular flexibility index (Phi) is 4.84. The van der Waals surface area contributed by atoms with Crippen LogP contribution in [-0.4, -0.2) is 47.2 Å². The summed E-state index contributed by atoms with van der Waals surface area (Å²) in [6.45, 7) is 8.22. The first-order chi connectivity index (χ1) is 10.8. The number of aryl methyl sites for hydroxylation is 2. The maximum atomic E-state index is 12.7. The number of nitrogens with zero attached hydrogens (tertiary/aromatic N) is 4. The van der Waals surface area contributed by atoms with Crippen LogP contribution in [0.3, 0.4) is 0 Å². The Bertz CT molecular complexity index is 823. The number of sulfone groups is 1. The van der Waals surface area contributed by atoms with Crippen LogP contribution in [0.25, 0.3) is 0 Å². The smallest absolute Gasteiger partial charge is 0.323 e. The van der Waals surface area contributed by atoms with E-state index in [2.05, 4.69) is 10.1 Å². The molecule has 0 bridgehead atoms. The van der Waals surface area contributed by atoms with Crippen LogP contribution in [0.2, 0.25) is 0 Å². The minimum Gasteiger partial charge on any atom is -0.323 e. The number of hydrogen-bond acceptors (Lipinski definition) is 5. The van der Waals surface area contributed by atoms with Gasteiger partial charge in [0, 0.05) is 13.1 Å². The number of carbonyl (C=O) groups is 1. The van der Waals surface area contributed by atoms with Crippen LogP contribution in [0.1, 0.15) is 25.0 Å². The van der Waals surface area contributed by atoms with Gasteiger partial charge < -0.3 is 4.90 Å². The summed E-state index contributed by atoms with van der Waals surface area (Å²) in [4.78, 5) is 17.7. The molecule has 1 heterocycles. The van der Waals surface area contributed by atoms with Gasteiger partial charge in [0.15, 0.2) is 0 Å². The van der Waals surface area contributed by atoms with E-state index < -0.39 is 15.9 Å². The molecule has 1 aromatic heterocycles. The Morgan fingerprint density at radius 3 is 2.48 bits per heavy atom. The highest BCUT2D eigenvalue weighted by Crippen LogP contribution is 2.22. The summed E-state index contributed by atoms with van der Waals surface area (Å²) < 4.78 is 26.3. The zero-order chi connectivity index (χ0) is 17.2. The number of aromatic nitrogens is 3. The van der Waals surface area contributed by atoms with Gasteiger partial charge in [-0.15, -0.1) is 5.10 Å². The largest absolute Gasteiger partial charge is 0.346 e. The molecule has 2 rings (SSSR count). The molecule has 0 saturated carbocycles. The topological polar surface area (TPSA) is 85.2 Å². The van der Waals surface area contributed by atoms with Crippen LogP contribution < -0.4 is 0 Å². The molecule has 2 aromatic rings. The molecule has 0 radical (unpaired) electrons. The number of benzene rings is 1. The Morgan fingerprint density at radius 1 is 1.22 bits per heavy atom. The summed E-state index contributed by atoms with van der Waals surface area (Å²) in [6.07, 6.45) is 1.14. The molecule has 0 unspecified atom stereocenters. The standard InChI is InChI=1S/C15H20N4O3S/c1-5-18(6-2)15(20)19-10-16-14(17-19)23(21,22)13-9-11(3)7-8-12(13)4/h7-10H,5-6H2,1-4H3. The third-order valence-electron chi connectivity index (χ3n) is 3.57. The molecule has 0 aliphatic rings. The van der Waals surface area contributed by atoms with E-state index in [1.165, 1.54) is 4.90 Å². The van der Waals surface area contributed by atoms with Crippen molar-refractivity contribution in [2.45, 2.75) is 37.7 Å². The average molecular weight is 336 g/mol. The zero-order valence-electron chi connectivity index (χ0n) is 13.6. The fourth-order valence-corrected chi connectivity index (χ4v) is 3.61. The Hall–Kier alpha value is -2.22. The van der Waals surface area contributed by atoms with E-state index in [-0.39, 0.29) is 10.1 Å². The van der Waals surface area contributed by atoms with Gasteiger partial charge >= 0.3 is 6.03 Å². The summed E-state index contributed by atoms with van der Waals surface area (Å²) >= 11 is 0. The number of carbonyl (C=O) groups excluding carboxylic acids is 1. The molecule has 0 aliphatic heterocycles. The average Bonchev–Trinajstić information content (AvgIpc) is 3.01. The van der Waals surface area contributed by atoms with E-state index in [9.17, 15) is 13.2 Å². The van der Waals surface area contributed by atoms with E-state index >= 15 is 0 Å². The summed E-state index contributed by atoms with van der Waals surface area (Å²) in [5, 5.41) is 3.50. The van der Waals surface area contributed by atoms with Crippen LogP contribution in [0, 0.1) is 13.8 Å². The van der Waals surface area contributed by atoms with Gasteiger partial charge in [-0.2, -0.15) is 4.68 Å². The molecule has 0 saturated heterocycles. The first-order valence-corrected chi connectivity index (χ1v) is 8.82. The summed E-state index contributed by atoms with van der Waals surface area (Å²) in [7, 11) is -3.86. The normalized spacial score (nSPS) is 11.5. The molecule has 23 heavy (non-hydrogen) atoms. The van der Waals surface area contributed by atoms with Crippen molar-refractivity contribution in [1.29, 1.82) is 0 Å². The Morgan fingerprint density at radius 2 is 1.87 bits per heavy atom. The summed E-state index contributed by atoms with van der Waals surface area (Å²) in [5.41, 5.74) is 1.44. The van der Waals surface area contributed by atoms with Crippen molar-refractivity contribution in [1.82, 2.24) is 19.7 Å². The van der Waals surface area contributed by atoms with Gasteiger partial charge in [0.25, 0.3) is 5.16 Å². The van der Waals surface area contributed by atoms with Gasteiger partial charge in [0.2, 0.25) is 9.84 Å². The molecule has 1 aromatic carbocycles. The second-order valence-corrected chi connectivity index (χ2v) is 7.01. The van der Waals surface area contributed by atoms with Crippen LogP contribution in [-0.2, 0) is 9.84 Å². The van der Waals surface area contributed by atoms with Gasteiger partial charge in [-0.1, -0.05) is 12.1 Å². The monoisotopic (exact) mass is 336 g/mol. The lowest BCUT2D eigenvalue weighted by Gasteiger charge is -2.17. The molecule has 1 amide bonds. The van der Waals surface area contributed by atoms with Gasteiger partial charge in [-0.3, -0.25) is 0 Å². The maximum Gasteiger partial charge on any atom is 0.346 e. The molecular weight excluding hydrogens is 316 g/mol. The Labute approximate surface area is 135 Å². The predicted molar refractivity (Wildman–Crippen MR) is 85.1 cm³/mol. The van der Waals surface area contributed by atoms with E-state index in [1.807, 2.05) is 26.8 Å². The Balaban J connectivity index is 2.43. The van der Waals surface area contributed by atoms with Crippen molar-refractivity contribution >= 4 is 15.9 Å². The number of rotatable bonds is 4. The van der Waals surface area contributed by atoms with Crippen molar-refractivity contribution in [2.24, 2.45) is 0 Å². The van der Waals surface area contributed by atoms with Gasteiger partial charge in [0.05, 0.1) is 4.90 Å². The summed E-state index contributed by atoms with van der Waals surface area (Å²) in [6, 6.07) is 4.76. The van der Waals surface area contributed by atoms with E-state index in [0.29, 0.717) is 18.7 Å². The molecule has 8 heteroatoms. The maximum absolute atomic E-state index is 12.7. The molecular formula is C15H20N4O3S. The highest BCUT2D eigenvalue weighted by molar-refractivity contribution is 7.91. The quantitative estimate of drug-likeness (QED) is 0.853. The van der Waals surface area contributed by atoms with E-state index in [0.717, 1.165) is 16.6 Å².